The van der Waals surface area contributed by atoms with Crippen LogP contribution in [-0.4, -0.2) is 23.5 Å². The Morgan fingerprint density at radius 1 is 0.882 bits per heavy atom. The minimum absolute atomic E-state index is 0.0183. The molecule has 2 N–H and O–H groups in total. The van der Waals surface area contributed by atoms with Crippen LogP contribution in [0.25, 0.3) is 10.9 Å². The maximum atomic E-state index is 13.5. The lowest BCUT2D eigenvalue weighted by Crippen LogP contribution is -2.14. The second-order valence-electron chi connectivity index (χ2n) is 7.01. The lowest BCUT2D eigenvalue weighted by atomic mass is 10.1. The Labute approximate surface area is 187 Å². The van der Waals surface area contributed by atoms with Gasteiger partial charge < -0.3 is 14.8 Å². The number of aromatic hydroxyl groups is 1. The third-order valence-electron chi connectivity index (χ3n) is 4.77. The predicted octanol–water partition coefficient (Wildman–Crippen LogP) is 5.93. The van der Waals surface area contributed by atoms with E-state index in [9.17, 15) is 39.9 Å². The van der Waals surface area contributed by atoms with Crippen LogP contribution < -0.4 is 4.74 Å². The number of hydrogen-bond donors (Lipinski definition) is 2. The van der Waals surface area contributed by atoms with E-state index in [1.165, 1.54) is 30.6 Å². The molecule has 0 amide bonds. The molecule has 4 rings (SSSR count). The first-order valence-electron chi connectivity index (χ1n) is 9.24. The maximum Gasteiger partial charge on any atom is 0.420 e. The number of nitrogens with zero attached hydrogens (tertiary/aromatic N) is 1. The standard InChI is InChI=1S/C21H12F6N2O4S/c22-20(23,24)15-7-11(30)8-16(21(25,26)27)19(15)33-12-1-2-17-14(9-12)18(10-29-17)34(31,32)13-3-5-28-6-4-13/h1-10,29-30H. The number of aromatic amines is 1. The molecule has 0 spiro atoms. The third-order valence-corrected chi connectivity index (χ3v) is 6.58. The molecule has 2 aromatic carbocycles. The van der Waals surface area contributed by atoms with Crippen LogP contribution in [0.1, 0.15) is 11.1 Å². The molecule has 0 aliphatic carbocycles. The fourth-order valence-corrected chi connectivity index (χ4v) is 4.67. The van der Waals surface area contributed by atoms with Gasteiger partial charge in [-0.15, -0.1) is 0 Å². The molecule has 6 nitrogen and oxygen atoms in total. The number of fused-ring (bicyclic) bond motifs is 1. The number of rotatable bonds is 4. The van der Waals surface area contributed by atoms with E-state index in [0.29, 0.717) is 0 Å². The smallest absolute Gasteiger partial charge is 0.420 e. The number of halogens is 6. The zero-order valence-electron chi connectivity index (χ0n) is 16.6. The molecule has 0 aliphatic heterocycles. The van der Waals surface area contributed by atoms with Crippen LogP contribution >= 0.6 is 0 Å². The van der Waals surface area contributed by atoms with E-state index in [4.69, 9.17) is 4.74 Å². The zero-order chi connectivity index (χ0) is 24.9. The molecule has 13 heteroatoms. The van der Waals surface area contributed by atoms with Crippen LogP contribution in [0.4, 0.5) is 26.3 Å². The highest BCUT2D eigenvalue weighted by Gasteiger charge is 2.43. The molecule has 0 fully saturated rings. The number of benzene rings is 2. The van der Waals surface area contributed by atoms with Gasteiger partial charge in [-0.25, -0.2) is 8.42 Å². The van der Waals surface area contributed by atoms with Crippen molar-refractivity contribution in [3.8, 4) is 17.2 Å². The van der Waals surface area contributed by atoms with Gasteiger partial charge in [0.05, 0.1) is 9.79 Å². The molecule has 0 saturated heterocycles. The molecule has 178 valence electrons. The first kappa shape index (κ1) is 23.4. The van der Waals surface area contributed by atoms with Gasteiger partial charge >= 0.3 is 12.4 Å². The summed E-state index contributed by atoms with van der Waals surface area (Å²) in [5, 5.41) is 9.41. The second-order valence-corrected chi connectivity index (χ2v) is 8.93. The Bertz CT molecular complexity index is 1440. The SMILES string of the molecule is O=S(=O)(c1ccncc1)c1c[nH]c2ccc(Oc3c(C(F)(F)F)cc(O)cc3C(F)(F)F)cc12. The quantitative estimate of drug-likeness (QED) is 0.338. The lowest BCUT2D eigenvalue weighted by Gasteiger charge is -2.19. The lowest BCUT2D eigenvalue weighted by molar-refractivity contribution is -0.145. The van der Waals surface area contributed by atoms with E-state index in [0.717, 1.165) is 18.3 Å². The molecule has 0 aliphatic rings. The maximum absolute atomic E-state index is 13.5. The summed E-state index contributed by atoms with van der Waals surface area (Å²) < 4.78 is 112. The van der Waals surface area contributed by atoms with Crippen molar-refractivity contribution >= 4 is 20.7 Å². The van der Waals surface area contributed by atoms with Gasteiger partial charge in [0.15, 0.2) is 5.75 Å². The van der Waals surface area contributed by atoms with Gasteiger partial charge in [0.2, 0.25) is 9.84 Å². The van der Waals surface area contributed by atoms with E-state index < -0.39 is 50.6 Å². The molecule has 2 heterocycles. The molecule has 4 aromatic rings. The summed E-state index contributed by atoms with van der Waals surface area (Å²) in [5.41, 5.74) is -3.45. The monoisotopic (exact) mass is 502 g/mol. The van der Waals surface area contributed by atoms with Gasteiger partial charge in [-0.1, -0.05) is 0 Å². The molecule has 0 radical (unpaired) electrons. The van der Waals surface area contributed by atoms with E-state index >= 15 is 0 Å². The zero-order valence-corrected chi connectivity index (χ0v) is 17.4. The largest absolute Gasteiger partial charge is 0.508 e. The van der Waals surface area contributed by atoms with Gasteiger partial charge in [0, 0.05) is 29.5 Å². The van der Waals surface area contributed by atoms with Gasteiger partial charge in [-0.05, 0) is 42.5 Å². The normalized spacial score (nSPS) is 12.8. The van der Waals surface area contributed by atoms with Crippen LogP contribution in [0.2, 0.25) is 0 Å². The number of alkyl halides is 6. The summed E-state index contributed by atoms with van der Waals surface area (Å²) in [6.07, 6.45) is -6.94. The van der Waals surface area contributed by atoms with Crippen LogP contribution in [0.5, 0.6) is 17.2 Å². The number of pyridine rings is 1. The van der Waals surface area contributed by atoms with Gasteiger partial charge in [0.1, 0.15) is 22.6 Å². The third kappa shape index (κ3) is 4.25. The molecular formula is C21H12F6N2O4S. The summed E-state index contributed by atoms with van der Waals surface area (Å²) in [6.45, 7) is 0. The minimum atomic E-state index is -5.29. The van der Waals surface area contributed by atoms with Crippen molar-refractivity contribution in [2.45, 2.75) is 22.1 Å². The highest BCUT2D eigenvalue weighted by molar-refractivity contribution is 7.91. The van der Waals surface area contributed by atoms with Gasteiger partial charge in [-0.2, -0.15) is 26.3 Å². The van der Waals surface area contributed by atoms with Crippen LogP contribution in [-0.2, 0) is 22.2 Å². The Morgan fingerprint density at radius 2 is 1.47 bits per heavy atom. The van der Waals surface area contributed by atoms with Crippen molar-refractivity contribution in [1.29, 1.82) is 0 Å². The number of H-pyrrole nitrogens is 1. The Balaban J connectivity index is 1.87. The first-order chi connectivity index (χ1) is 15.8. The number of aromatic nitrogens is 2. The molecule has 34 heavy (non-hydrogen) atoms. The Morgan fingerprint density at radius 3 is 2.03 bits per heavy atom. The van der Waals surface area contributed by atoms with Crippen molar-refractivity contribution in [1.82, 2.24) is 9.97 Å². The number of nitrogens with one attached hydrogen (secondary N) is 1. The first-order valence-corrected chi connectivity index (χ1v) is 10.7. The van der Waals surface area contributed by atoms with Crippen LogP contribution in [0.15, 0.2) is 70.8 Å². The van der Waals surface area contributed by atoms with E-state index in [2.05, 4.69) is 9.97 Å². The number of phenolic OH excluding ortho intramolecular Hbond substituents is 1. The van der Waals surface area contributed by atoms with E-state index in [-0.39, 0.29) is 32.8 Å². The molecule has 0 bridgehead atoms. The average Bonchev–Trinajstić information content (AvgIpc) is 3.18. The number of hydrogen-bond acceptors (Lipinski definition) is 5. The summed E-state index contributed by atoms with van der Waals surface area (Å²) in [7, 11) is -4.10. The minimum Gasteiger partial charge on any atom is -0.508 e. The highest BCUT2D eigenvalue weighted by Crippen LogP contribution is 2.48. The van der Waals surface area contributed by atoms with Gasteiger partial charge in [-0.3, -0.25) is 4.98 Å². The summed E-state index contributed by atoms with van der Waals surface area (Å²) >= 11 is 0. The van der Waals surface area contributed by atoms with Crippen molar-refractivity contribution in [3.05, 3.63) is 72.2 Å². The Kier molecular flexibility index (Phi) is 5.47. The molecular weight excluding hydrogens is 490 g/mol. The van der Waals surface area contributed by atoms with E-state index in [1.54, 1.807) is 0 Å². The molecule has 0 atom stereocenters. The molecule has 2 aromatic heterocycles. The van der Waals surface area contributed by atoms with Crippen molar-refractivity contribution in [2.24, 2.45) is 0 Å². The van der Waals surface area contributed by atoms with Crippen LogP contribution in [0.3, 0.4) is 0 Å². The Hall–Kier alpha value is -3.74. The topological polar surface area (TPSA) is 92.3 Å². The predicted molar refractivity (Wildman–Crippen MR) is 106 cm³/mol. The highest BCUT2D eigenvalue weighted by atomic mass is 32.2. The number of phenols is 1. The van der Waals surface area contributed by atoms with E-state index in [1.807, 2.05) is 0 Å². The fourth-order valence-electron chi connectivity index (χ4n) is 3.27. The van der Waals surface area contributed by atoms with Crippen LogP contribution in [0, 0.1) is 0 Å². The van der Waals surface area contributed by atoms with Crippen molar-refractivity contribution < 1.29 is 44.6 Å². The van der Waals surface area contributed by atoms with Crippen molar-refractivity contribution in [2.75, 3.05) is 0 Å². The summed E-state index contributed by atoms with van der Waals surface area (Å²) in [5.74, 6) is -3.31. The fraction of sp³-hybridized carbons (Fsp3) is 0.0952. The number of sulfone groups is 1. The number of ether oxygens (including phenoxy) is 1. The van der Waals surface area contributed by atoms with Gasteiger partial charge in [0.25, 0.3) is 0 Å². The average molecular weight is 502 g/mol. The molecule has 0 saturated carbocycles. The second kappa shape index (κ2) is 7.94. The van der Waals surface area contributed by atoms with Crippen molar-refractivity contribution in [3.63, 3.8) is 0 Å². The summed E-state index contributed by atoms with van der Waals surface area (Å²) in [6, 6.07) is 6.02. The molecule has 0 unspecified atom stereocenters. The summed E-state index contributed by atoms with van der Waals surface area (Å²) in [4.78, 5) is 6.04.